The van der Waals surface area contributed by atoms with E-state index in [0.717, 1.165) is 25.0 Å². The molecule has 0 aliphatic heterocycles. The Morgan fingerprint density at radius 1 is 1.17 bits per heavy atom. The Kier molecular flexibility index (Phi) is 6.03. The second-order valence-corrected chi connectivity index (χ2v) is 5.75. The third-order valence-corrected chi connectivity index (χ3v) is 3.25. The van der Waals surface area contributed by atoms with Gasteiger partial charge in [-0.25, -0.2) is 0 Å². The minimum atomic E-state index is 0.117. The number of hydrogen-bond acceptors (Lipinski definition) is 2. The normalized spacial score (nSPS) is 13.0. The first-order chi connectivity index (χ1) is 8.50. The standard InChI is InChI=1S/C16H25NO/c1-12(2)8-9-14(16(18)13(3)4)11-15-7-5-6-10-17-15/h5-7,10,12-14H,8-9,11H2,1-4H3. The minimum absolute atomic E-state index is 0.117. The van der Waals surface area contributed by atoms with Gasteiger partial charge >= 0.3 is 0 Å². The van der Waals surface area contributed by atoms with Crippen LogP contribution in [0, 0.1) is 17.8 Å². The second-order valence-electron chi connectivity index (χ2n) is 5.75. The van der Waals surface area contributed by atoms with E-state index in [1.807, 2.05) is 32.0 Å². The number of carbonyl (C=O) groups is 1. The molecule has 18 heavy (non-hydrogen) atoms. The maximum atomic E-state index is 12.2. The van der Waals surface area contributed by atoms with Gasteiger partial charge < -0.3 is 0 Å². The molecule has 0 fully saturated rings. The van der Waals surface area contributed by atoms with Gasteiger partial charge in [-0.1, -0.05) is 40.2 Å². The molecule has 1 rings (SSSR count). The molecule has 0 saturated heterocycles. The average molecular weight is 247 g/mol. The summed E-state index contributed by atoms with van der Waals surface area (Å²) in [7, 11) is 0. The summed E-state index contributed by atoms with van der Waals surface area (Å²) < 4.78 is 0. The monoisotopic (exact) mass is 247 g/mol. The molecule has 100 valence electrons. The molecule has 2 nitrogen and oxygen atoms in total. The lowest BCUT2D eigenvalue weighted by molar-refractivity contribution is -0.126. The van der Waals surface area contributed by atoms with Gasteiger partial charge in [0.1, 0.15) is 5.78 Å². The molecule has 1 aromatic rings. The van der Waals surface area contributed by atoms with Crippen LogP contribution in [0.2, 0.25) is 0 Å². The molecular weight excluding hydrogens is 222 g/mol. The molecule has 1 unspecified atom stereocenters. The van der Waals surface area contributed by atoms with Crippen LogP contribution in [0.1, 0.15) is 46.2 Å². The van der Waals surface area contributed by atoms with Crippen molar-refractivity contribution in [3.8, 4) is 0 Å². The predicted octanol–water partition coefficient (Wildman–Crippen LogP) is 3.90. The largest absolute Gasteiger partial charge is 0.299 e. The Morgan fingerprint density at radius 2 is 1.89 bits per heavy atom. The van der Waals surface area contributed by atoms with Crippen molar-refractivity contribution in [1.82, 2.24) is 4.98 Å². The van der Waals surface area contributed by atoms with E-state index in [0.29, 0.717) is 11.7 Å². The zero-order valence-corrected chi connectivity index (χ0v) is 12.0. The fraction of sp³-hybridized carbons (Fsp3) is 0.625. The molecule has 0 aliphatic carbocycles. The Bertz CT molecular complexity index is 357. The first-order valence-electron chi connectivity index (χ1n) is 6.94. The van der Waals surface area contributed by atoms with E-state index < -0.39 is 0 Å². The van der Waals surface area contributed by atoms with Crippen molar-refractivity contribution in [3.63, 3.8) is 0 Å². The molecule has 0 saturated carbocycles. The van der Waals surface area contributed by atoms with E-state index in [1.165, 1.54) is 0 Å². The fourth-order valence-electron chi connectivity index (χ4n) is 2.12. The van der Waals surface area contributed by atoms with Gasteiger partial charge in [-0.15, -0.1) is 0 Å². The van der Waals surface area contributed by atoms with Gasteiger partial charge in [0.2, 0.25) is 0 Å². The molecule has 2 heteroatoms. The summed E-state index contributed by atoms with van der Waals surface area (Å²) in [6, 6.07) is 5.91. The lowest BCUT2D eigenvalue weighted by Gasteiger charge is -2.18. The van der Waals surface area contributed by atoms with Gasteiger partial charge in [-0.05, 0) is 30.9 Å². The number of hydrogen-bond donors (Lipinski definition) is 0. The number of pyridine rings is 1. The van der Waals surface area contributed by atoms with Crippen LogP contribution in [-0.2, 0) is 11.2 Å². The molecule has 0 aliphatic rings. The van der Waals surface area contributed by atoms with E-state index in [1.54, 1.807) is 6.20 Å². The molecule has 1 atom stereocenters. The van der Waals surface area contributed by atoms with Gasteiger partial charge in [0, 0.05) is 23.7 Å². The summed E-state index contributed by atoms with van der Waals surface area (Å²) in [4.78, 5) is 16.6. The summed E-state index contributed by atoms with van der Waals surface area (Å²) in [5.74, 6) is 1.27. The number of nitrogens with zero attached hydrogens (tertiary/aromatic N) is 1. The number of rotatable bonds is 7. The smallest absolute Gasteiger partial charge is 0.138 e. The first-order valence-corrected chi connectivity index (χ1v) is 6.94. The number of carbonyl (C=O) groups excluding carboxylic acids is 1. The van der Waals surface area contributed by atoms with Crippen LogP contribution in [0.4, 0.5) is 0 Å². The molecule has 1 heterocycles. The highest BCUT2D eigenvalue weighted by atomic mass is 16.1. The predicted molar refractivity (Wildman–Crippen MR) is 75.3 cm³/mol. The van der Waals surface area contributed by atoms with Crippen molar-refractivity contribution in [2.75, 3.05) is 0 Å². The van der Waals surface area contributed by atoms with E-state index in [4.69, 9.17) is 0 Å². The van der Waals surface area contributed by atoms with Crippen molar-refractivity contribution >= 4 is 5.78 Å². The Labute approximate surface area is 111 Å². The van der Waals surface area contributed by atoms with Gasteiger partial charge in [-0.2, -0.15) is 0 Å². The van der Waals surface area contributed by atoms with Gasteiger partial charge in [0.15, 0.2) is 0 Å². The van der Waals surface area contributed by atoms with Crippen molar-refractivity contribution in [1.29, 1.82) is 0 Å². The number of Topliss-reactive ketones (excluding diaryl/α,β-unsaturated/α-hetero) is 1. The average Bonchev–Trinajstić information content (AvgIpc) is 2.34. The maximum Gasteiger partial charge on any atom is 0.138 e. The summed E-state index contributed by atoms with van der Waals surface area (Å²) in [6.45, 7) is 8.39. The number of ketones is 1. The molecule has 1 aromatic heterocycles. The molecule has 0 bridgehead atoms. The lowest BCUT2D eigenvalue weighted by atomic mass is 9.86. The van der Waals surface area contributed by atoms with Crippen LogP contribution in [0.15, 0.2) is 24.4 Å². The maximum absolute atomic E-state index is 12.2. The van der Waals surface area contributed by atoms with Crippen LogP contribution in [0.5, 0.6) is 0 Å². The molecule has 0 amide bonds. The highest BCUT2D eigenvalue weighted by Gasteiger charge is 2.22. The van der Waals surface area contributed by atoms with E-state index in [9.17, 15) is 4.79 Å². The van der Waals surface area contributed by atoms with Crippen LogP contribution in [-0.4, -0.2) is 10.8 Å². The number of aromatic nitrogens is 1. The summed E-state index contributed by atoms with van der Waals surface area (Å²) in [5.41, 5.74) is 1.03. The van der Waals surface area contributed by atoms with Crippen molar-refractivity contribution in [2.45, 2.75) is 47.0 Å². The third-order valence-electron chi connectivity index (χ3n) is 3.25. The van der Waals surface area contributed by atoms with Crippen LogP contribution in [0.3, 0.4) is 0 Å². The molecule has 0 N–H and O–H groups in total. The highest BCUT2D eigenvalue weighted by Crippen LogP contribution is 2.20. The van der Waals surface area contributed by atoms with Crippen molar-refractivity contribution in [2.24, 2.45) is 17.8 Å². The summed E-state index contributed by atoms with van der Waals surface area (Å²) in [5, 5.41) is 0. The summed E-state index contributed by atoms with van der Waals surface area (Å²) in [6.07, 6.45) is 4.67. The lowest BCUT2D eigenvalue weighted by Crippen LogP contribution is -2.23. The molecule has 0 spiro atoms. The van der Waals surface area contributed by atoms with Crippen LogP contribution < -0.4 is 0 Å². The van der Waals surface area contributed by atoms with Gasteiger partial charge in [0.25, 0.3) is 0 Å². The molecule has 0 aromatic carbocycles. The molecule has 0 radical (unpaired) electrons. The third kappa shape index (κ3) is 4.99. The Balaban J connectivity index is 2.68. The van der Waals surface area contributed by atoms with Crippen molar-refractivity contribution in [3.05, 3.63) is 30.1 Å². The van der Waals surface area contributed by atoms with Crippen LogP contribution >= 0.6 is 0 Å². The summed E-state index contributed by atoms with van der Waals surface area (Å²) >= 11 is 0. The first kappa shape index (κ1) is 14.9. The fourth-order valence-corrected chi connectivity index (χ4v) is 2.12. The van der Waals surface area contributed by atoms with Crippen LogP contribution in [0.25, 0.3) is 0 Å². The topological polar surface area (TPSA) is 30.0 Å². The van der Waals surface area contributed by atoms with E-state index in [-0.39, 0.29) is 11.8 Å². The quantitative estimate of drug-likeness (QED) is 0.731. The molecular formula is C16H25NO. The zero-order chi connectivity index (χ0) is 13.5. The highest BCUT2D eigenvalue weighted by molar-refractivity contribution is 5.83. The van der Waals surface area contributed by atoms with E-state index >= 15 is 0 Å². The van der Waals surface area contributed by atoms with Gasteiger partial charge in [0.05, 0.1) is 0 Å². The minimum Gasteiger partial charge on any atom is -0.299 e. The van der Waals surface area contributed by atoms with Gasteiger partial charge in [-0.3, -0.25) is 9.78 Å². The second kappa shape index (κ2) is 7.30. The Morgan fingerprint density at radius 3 is 2.39 bits per heavy atom. The Hall–Kier alpha value is -1.18. The SMILES string of the molecule is CC(C)CCC(Cc1ccccn1)C(=O)C(C)C. The van der Waals surface area contributed by atoms with E-state index in [2.05, 4.69) is 18.8 Å². The zero-order valence-electron chi connectivity index (χ0n) is 12.0. The van der Waals surface area contributed by atoms with Crippen molar-refractivity contribution < 1.29 is 4.79 Å².